The van der Waals surface area contributed by atoms with E-state index in [1.165, 1.54) is 30.0 Å². The van der Waals surface area contributed by atoms with E-state index in [1.54, 1.807) is 22.8 Å². The number of hydrogen-bond donors (Lipinski definition) is 2. The maximum absolute atomic E-state index is 13.3. The summed E-state index contributed by atoms with van der Waals surface area (Å²) in [5.41, 5.74) is 0.686. The summed E-state index contributed by atoms with van der Waals surface area (Å²) in [5.74, 6) is -0.803. The van der Waals surface area contributed by atoms with E-state index in [-0.39, 0.29) is 40.2 Å². The molecule has 0 unspecified atom stereocenters. The Balaban J connectivity index is 1.69. The number of aromatic nitrogens is 2. The van der Waals surface area contributed by atoms with E-state index in [0.29, 0.717) is 21.1 Å². The van der Waals surface area contributed by atoms with Crippen molar-refractivity contribution in [2.45, 2.75) is 43.3 Å². The van der Waals surface area contributed by atoms with E-state index in [2.05, 4.69) is 4.98 Å². The summed E-state index contributed by atoms with van der Waals surface area (Å²) in [6.07, 6.45) is 5.10. The van der Waals surface area contributed by atoms with Crippen LogP contribution >= 0.6 is 23.4 Å². The second-order valence-corrected chi connectivity index (χ2v) is 8.82. The van der Waals surface area contributed by atoms with Gasteiger partial charge in [-0.1, -0.05) is 42.6 Å². The predicted octanol–water partition coefficient (Wildman–Crippen LogP) is 4.94. The van der Waals surface area contributed by atoms with Crippen molar-refractivity contribution in [2.24, 2.45) is 0 Å². The van der Waals surface area contributed by atoms with E-state index < -0.39 is 0 Å². The fourth-order valence-corrected chi connectivity index (χ4v) is 4.95. The number of benzene rings is 2. The van der Waals surface area contributed by atoms with Crippen molar-refractivity contribution in [2.75, 3.05) is 5.75 Å². The maximum atomic E-state index is 13.3. The molecule has 1 fully saturated rings. The van der Waals surface area contributed by atoms with E-state index >= 15 is 0 Å². The number of aromatic hydroxyl groups is 2. The van der Waals surface area contributed by atoms with Gasteiger partial charge in [0.15, 0.2) is 22.4 Å². The Morgan fingerprint density at radius 1 is 1.10 bits per heavy atom. The molecule has 1 aromatic heterocycles. The second-order valence-electron chi connectivity index (χ2n) is 7.44. The van der Waals surface area contributed by atoms with Crippen LogP contribution in [-0.2, 0) is 0 Å². The molecule has 1 aliphatic carbocycles. The van der Waals surface area contributed by atoms with Crippen LogP contribution in [0, 0.1) is 0 Å². The molecule has 0 spiro atoms. The van der Waals surface area contributed by atoms with Crippen molar-refractivity contribution >= 4 is 40.0 Å². The fourth-order valence-electron chi connectivity index (χ4n) is 3.83. The minimum atomic E-state index is -0.344. The topological polar surface area (TPSA) is 92.4 Å². The summed E-state index contributed by atoms with van der Waals surface area (Å²) < 4.78 is 1.74. The standard InChI is InChI=1S/C22H21ClN2O4S/c23-14-7-8-16-17(11-14)24-22(25(21(16)29)15-4-2-1-3-5-15)30-12-20(28)13-6-9-18(26)19(27)10-13/h6-11,15,26-27H,1-5,12H2. The van der Waals surface area contributed by atoms with Gasteiger partial charge in [-0.3, -0.25) is 14.2 Å². The molecule has 2 aromatic carbocycles. The molecule has 0 saturated heterocycles. The quantitative estimate of drug-likeness (QED) is 0.250. The van der Waals surface area contributed by atoms with Crippen LogP contribution in [0.4, 0.5) is 0 Å². The lowest BCUT2D eigenvalue weighted by Gasteiger charge is -2.26. The second kappa shape index (κ2) is 8.70. The Morgan fingerprint density at radius 3 is 2.60 bits per heavy atom. The first-order chi connectivity index (χ1) is 14.4. The van der Waals surface area contributed by atoms with Crippen LogP contribution < -0.4 is 5.56 Å². The molecule has 6 nitrogen and oxygen atoms in total. The Labute approximate surface area is 182 Å². The van der Waals surface area contributed by atoms with Gasteiger partial charge in [0.05, 0.1) is 16.7 Å². The molecule has 0 aliphatic heterocycles. The molecule has 30 heavy (non-hydrogen) atoms. The molecule has 0 amide bonds. The van der Waals surface area contributed by atoms with Gasteiger partial charge in [-0.15, -0.1) is 0 Å². The summed E-state index contributed by atoms with van der Waals surface area (Å²) in [5, 5.41) is 20.6. The average Bonchev–Trinajstić information content (AvgIpc) is 2.74. The summed E-state index contributed by atoms with van der Waals surface area (Å²) in [7, 11) is 0. The number of thioether (sulfide) groups is 1. The minimum absolute atomic E-state index is 0.0510. The van der Waals surface area contributed by atoms with Gasteiger partial charge in [0.2, 0.25) is 0 Å². The van der Waals surface area contributed by atoms with Crippen molar-refractivity contribution in [3.05, 3.63) is 57.3 Å². The molecular formula is C22H21ClN2O4S. The van der Waals surface area contributed by atoms with E-state index in [4.69, 9.17) is 11.6 Å². The highest BCUT2D eigenvalue weighted by molar-refractivity contribution is 7.99. The lowest BCUT2D eigenvalue weighted by atomic mass is 9.95. The first-order valence-electron chi connectivity index (χ1n) is 9.84. The third-order valence-electron chi connectivity index (χ3n) is 5.40. The van der Waals surface area contributed by atoms with Gasteiger partial charge < -0.3 is 10.2 Å². The minimum Gasteiger partial charge on any atom is -0.504 e. The third kappa shape index (κ3) is 4.18. The number of hydrogen-bond acceptors (Lipinski definition) is 6. The Bertz CT molecular complexity index is 1170. The van der Waals surface area contributed by atoms with Crippen LogP contribution in [0.15, 0.2) is 46.3 Å². The SMILES string of the molecule is O=C(CSc1nc2cc(Cl)ccc2c(=O)n1C1CCCCC1)c1ccc(O)c(O)c1. The third-order valence-corrected chi connectivity index (χ3v) is 6.59. The number of phenolic OH excluding ortho intramolecular Hbond substituents is 2. The molecule has 4 rings (SSSR count). The van der Waals surface area contributed by atoms with E-state index in [1.807, 2.05) is 0 Å². The molecule has 2 N–H and O–H groups in total. The van der Waals surface area contributed by atoms with Gasteiger partial charge in [0.1, 0.15) is 0 Å². The number of carbonyl (C=O) groups excluding carboxylic acids is 1. The van der Waals surface area contributed by atoms with Gasteiger partial charge in [0, 0.05) is 16.6 Å². The van der Waals surface area contributed by atoms with Gasteiger partial charge >= 0.3 is 0 Å². The van der Waals surface area contributed by atoms with Gasteiger partial charge in [0.25, 0.3) is 5.56 Å². The molecular weight excluding hydrogens is 424 g/mol. The van der Waals surface area contributed by atoms with Crippen molar-refractivity contribution in [1.82, 2.24) is 9.55 Å². The Kier molecular flexibility index (Phi) is 6.01. The van der Waals surface area contributed by atoms with E-state index in [9.17, 15) is 19.8 Å². The van der Waals surface area contributed by atoms with Crippen molar-refractivity contribution < 1.29 is 15.0 Å². The van der Waals surface area contributed by atoms with Crippen molar-refractivity contribution in [1.29, 1.82) is 0 Å². The summed E-state index contributed by atoms with van der Waals surface area (Å²) >= 11 is 7.30. The van der Waals surface area contributed by atoms with Gasteiger partial charge in [-0.05, 0) is 49.2 Å². The molecule has 1 aliphatic rings. The highest BCUT2D eigenvalue weighted by Gasteiger charge is 2.23. The maximum Gasteiger partial charge on any atom is 0.262 e. The molecule has 1 heterocycles. The lowest BCUT2D eigenvalue weighted by Crippen LogP contribution is -2.29. The molecule has 8 heteroatoms. The van der Waals surface area contributed by atoms with Gasteiger partial charge in [-0.2, -0.15) is 0 Å². The summed E-state index contributed by atoms with van der Waals surface area (Å²) in [6.45, 7) is 0. The number of nitrogens with zero attached hydrogens (tertiary/aromatic N) is 2. The van der Waals surface area contributed by atoms with Crippen LogP contribution in [0.25, 0.3) is 10.9 Å². The summed E-state index contributed by atoms with van der Waals surface area (Å²) in [6, 6.07) is 9.08. The highest BCUT2D eigenvalue weighted by Crippen LogP contribution is 2.32. The molecule has 3 aromatic rings. The lowest BCUT2D eigenvalue weighted by molar-refractivity contribution is 0.102. The number of Topliss-reactive ketones (excluding diaryl/α,β-unsaturated/α-hetero) is 1. The number of carbonyl (C=O) groups is 1. The van der Waals surface area contributed by atoms with Crippen molar-refractivity contribution in [3.63, 3.8) is 0 Å². The normalized spacial score (nSPS) is 14.8. The monoisotopic (exact) mass is 444 g/mol. The number of rotatable bonds is 5. The molecule has 156 valence electrons. The zero-order valence-electron chi connectivity index (χ0n) is 16.2. The zero-order chi connectivity index (χ0) is 21.3. The van der Waals surface area contributed by atoms with Crippen LogP contribution in [0.2, 0.25) is 5.02 Å². The molecule has 1 saturated carbocycles. The summed E-state index contributed by atoms with van der Waals surface area (Å²) in [4.78, 5) is 30.6. The number of phenols is 2. The highest BCUT2D eigenvalue weighted by atomic mass is 35.5. The van der Waals surface area contributed by atoms with Crippen LogP contribution in [0.3, 0.4) is 0 Å². The van der Waals surface area contributed by atoms with Crippen LogP contribution in [0.1, 0.15) is 48.5 Å². The largest absolute Gasteiger partial charge is 0.504 e. The fraction of sp³-hybridized carbons (Fsp3) is 0.318. The number of fused-ring (bicyclic) bond motifs is 1. The molecule has 0 bridgehead atoms. The zero-order valence-corrected chi connectivity index (χ0v) is 17.7. The van der Waals surface area contributed by atoms with Crippen molar-refractivity contribution in [3.8, 4) is 11.5 Å². The first-order valence-corrected chi connectivity index (χ1v) is 11.2. The average molecular weight is 445 g/mol. The van der Waals surface area contributed by atoms with Crippen LogP contribution in [-0.4, -0.2) is 31.3 Å². The Hall–Kier alpha value is -2.51. The number of halogens is 1. The van der Waals surface area contributed by atoms with E-state index in [0.717, 1.165) is 32.1 Å². The molecule has 0 radical (unpaired) electrons. The predicted molar refractivity (Wildman–Crippen MR) is 118 cm³/mol. The van der Waals surface area contributed by atoms with Crippen LogP contribution in [0.5, 0.6) is 11.5 Å². The Morgan fingerprint density at radius 2 is 1.87 bits per heavy atom. The smallest absolute Gasteiger partial charge is 0.262 e. The number of ketones is 1. The van der Waals surface area contributed by atoms with Gasteiger partial charge in [-0.25, -0.2) is 4.98 Å². The first kappa shape index (κ1) is 20.8. The molecule has 0 atom stereocenters.